The first-order chi connectivity index (χ1) is 12.5. The van der Waals surface area contributed by atoms with Gasteiger partial charge in [0.05, 0.1) is 11.3 Å². The zero-order chi connectivity index (χ0) is 18.1. The van der Waals surface area contributed by atoms with Crippen molar-refractivity contribution in [3.63, 3.8) is 0 Å². The Kier molecular flexibility index (Phi) is 3.96. The third kappa shape index (κ3) is 3.06. The Morgan fingerprint density at radius 3 is 1.92 bits per heavy atom. The van der Waals surface area contributed by atoms with Gasteiger partial charge >= 0.3 is 6.18 Å². The van der Waals surface area contributed by atoms with Crippen LogP contribution in [0.1, 0.15) is 11.1 Å². The molecule has 0 aliphatic heterocycles. The average Bonchev–Trinajstić information content (AvgIpc) is 2.64. The predicted molar refractivity (Wildman–Crippen MR) is 100 cm³/mol. The molecule has 4 aromatic rings. The van der Waals surface area contributed by atoms with Crippen LogP contribution in [0.4, 0.5) is 18.9 Å². The van der Waals surface area contributed by atoms with Crippen molar-refractivity contribution >= 4 is 33.4 Å². The van der Waals surface area contributed by atoms with Gasteiger partial charge in [-0.3, -0.25) is 4.99 Å². The van der Waals surface area contributed by atoms with Crippen LogP contribution in [0, 0.1) is 0 Å². The highest BCUT2D eigenvalue weighted by molar-refractivity contribution is 6.13. The lowest BCUT2D eigenvalue weighted by Gasteiger charge is -2.08. The highest BCUT2D eigenvalue weighted by atomic mass is 19.4. The largest absolute Gasteiger partial charge is 0.416 e. The molecule has 0 heterocycles. The summed E-state index contributed by atoms with van der Waals surface area (Å²) >= 11 is 0. The van der Waals surface area contributed by atoms with Crippen molar-refractivity contribution in [3.05, 3.63) is 90.0 Å². The van der Waals surface area contributed by atoms with Gasteiger partial charge in [0, 0.05) is 11.8 Å². The third-order valence-corrected chi connectivity index (χ3v) is 4.33. The van der Waals surface area contributed by atoms with E-state index >= 15 is 0 Å². The molecule has 26 heavy (non-hydrogen) atoms. The molecule has 0 fully saturated rings. The Hall–Kier alpha value is -3.14. The minimum atomic E-state index is -4.38. The molecular formula is C22H14F3N. The van der Waals surface area contributed by atoms with Gasteiger partial charge in [0.1, 0.15) is 0 Å². The first kappa shape index (κ1) is 16.3. The van der Waals surface area contributed by atoms with Crippen LogP contribution in [0.5, 0.6) is 0 Å². The number of hydrogen-bond donors (Lipinski definition) is 0. The van der Waals surface area contributed by atoms with Gasteiger partial charge < -0.3 is 0 Å². The Labute approximate surface area is 148 Å². The summed E-state index contributed by atoms with van der Waals surface area (Å²) < 4.78 is 38.7. The summed E-state index contributed by atoms with van der Waals surface area (Å²) in [5.41, 5.74) is 0.475. The van der Waals surface area contributed by atoms with Gasteiger partial charge in [-0.25, -0.2) is 0 Å². The summed E-state index contributed by atoms with van der Waals surface area (Å²) in [5, 5.41) is 4.16. The fourth-order valence-corrected chi connectivity index (χ4v) is 3.09. The maximum Gasteiger partial charge on any atom is 0.416 e. The maximum atomic E-state index is 12.9. The van der Waals surface area contributed by atoms with Gasteiger partial charge in [0.15, 0.2) is 0 Å². The van der Waals surface area contributed by atoms with E-state index in [-0.39, 0.29) is 5.69 Å². The van der Waals surface area contributed by atoms with E-state index in [2.05, 4.69) is 11.1 Å². The molecule has 1 nitrogen and oxygen atoms in total. The third-order valence-electron chi connectivity index (χ3n) is 4.33. The van der Waals surface area contributed by atoms with Crippen molar-refractivity contribution in [1.82, 2.24) is 0 Å². The van der Waals surface area contributed by atoms with Crippen LogP contribution >= 0.6 is 0 Å². The lowest BCUT2D eigenvalue weighted by Crippen LogP contribution is -2.03. The van der Waals surface area contributed by atoms with Crippen molar-refractivity contribution in [2.45, 2.75) is 6.18 Å². The van der Waals surface area contributed by atoms with Crippen molar-refractivity contribution in [2.75, 3.05) is 0 Å². The Bertz CT molecular complexity index is 1070. The van der Waals surface area contributed by atoms with Gasteiger partial charge in [-0.2, -0.15) is 13.2 Å². The molecule has 4 heteroatoms. The smallest absolute Gasteiger partial charge is 0.256 e. The second-order valence-corrected chi connectivity index (χ2v) is 6.04. The number of hydrogen-bond acceptors (Lipinski definition) is 1. The summed E-state index contributed by atoms with van der Waals surface area (Å²) in [6, 6.07) is 23.0. The van der Waals surface area contributed by atoms with Crippen LogP contribution < -0.4 is 0 Å². The van der Waals surface area contributed by atoms with Crippen LogP contribution in [-0.2, 0) is 6.18 Å². The molecule has 0 saturated heterocycles. The molecule has 0 aliphatic rings. The highest BCUT2D eigenvalue weighted by Crippen LogP contribution is 2.32. The fourth-order valence-electron chi connectivity index (χ4n) is 3.09. The van der Waals surface area contributed by atoms with E-state index in [1.165, 1.54) is 6.07 Å². The van der Waals surface area contributed by atoms with E-state index in [9.17, 15) is 13.2 Å². The number of fused-ring (bicyclic) bond motifs is 2. The number of rotatable bonds is 2. The van der Waals surface area contributed by atoms with Crippen molar-refractivity contribution < 1.29 is 13.2 Å². The van der Waals surface area contributed by atoms with Gasteiger partial charge in [-0.1, -0.05) is 54.6 Å². The van der Waals surface area contributed by atoms with Crippen molar-refractivity contribution in [2.24, 2.45) is 4.99 Å². The molecule has 0 aliphatic carbocycles. The van der Waals surface area contributed by atoms with E-state index in [1.807, 2.05) is 48.5 Å². The topological polar surface area (TPSA) is 12.4 Å². The average molecular weight is 349 g/mol. The molecule has 0 spiro atoms. The van der Waals surface area contributed by atoms with Gasteiger partial charge in [-0.05, 0) is 45.8 Å². The molecule has 0 N–H and O–H groups in total. The van der Waals surface area contributed by atoms with Crippen LogP contribution in [0.2, 0.25) is 0 Å². The quantitative estimate of drug-likeness (QED) is 0.280. The fraction of sp³-hybridized carbons (Fsp3) is 0.0455. The van der Waals surface area contributed by atoms with Crippen LogP contribution in [0.3, 0.4) is 0 Å². The summed E-state index contributed by atoms with van der Waals surface area (Å²) in [6.45, 7) is 0. The van der Waals surface area contributed by atoms with Crippen LogP contribution in [0.15, 0.2) is 83.9 Å². The lowest BCUT2D eigenvalue weighted by molar-refractivity contribution is -0.137. The second kappa shape index (κ2) is 6.30. The SMILES string of the molecule is FC(F)(F)c1cccc(N=Cc2c3ccccc3cc3ccccc23)c1. The summed E-state index contributed by atoms with van der Waals surface area (Å²) in [5.74, 6) is 0. The normalized spacial score (nSPS) is 12.3. The van der Waals surface area contributed by atoms with E-state index < -0.39 is 11.7 Å². The zero-order valence-corrected chi connectivity index (χ0v) is 13.7. The van der Waals surface area contributed by atoms with Gasteiger partial charge in [0.2, 0.25) is 0 Å². The van der Waals surface area contributed by atoms with E-state index in [4.69, 9.17) is 0 Å². The molecule has 128 valence electrons. The van der Waals surface area contributed by atoms with E-state index in [1.54, 1.807) is 12.3 Å². The molecular weight excluding hydrogens is 335 g/mol. The Balaban J connectivity index is 1.87. The monoisotopic (exact) mass is 349 g/mol. The predicted octanol–water partition coefficient (Wildman–Crippen LogP) is 6.76. The molecule has 0 atom stereocenters. The first-order valence-corrected chi connectivity index (χ1v) is 8.14. The highest BCUT2D eigenvalue weighted by Gasteiger charge is 2.30. The summed E-state index contributed by atoms with van der Waals surface area (Å²) in [7, 11) is 0. The summed E-state index contributed by atoms with van der Waals surface area (Å²) in [4.78, 5) is 4.33. The number of halogens is 3. The Morgan fingerprint density at radius 1 is 0.692 bits per heavy atom. The number of aliphatic imine (C=N–C) groups is 1. The molecule has 0 radical (unpaired) electrons. The molecule has 0 aromatic heterocycles. The van der Waals surface area contributed by atoms with Gasteiger partial charge in [-0.15, -0.1) is 0 Å². The lowest BCUT2D eigenvalue weighted by atomic mass is 9.97. The van der Waals surface area contributed by atoms with Gasteiger partial charge in [0.25, 0.3) is 0 Å². The van der Waals surface area contributed by atoms with Crippen LogP contribution in [-0.4, -0.2) is 6.21 Å². The Morgan fingerprint density at radius 2 is 1.31 bits per heavy atom. The maximum absolute atomic E-state index is 12.9. The number of alkyl halides is 3. The summed E-state index contributed by atoms with van der Waals surface area (Å²) in [6.07, 6.45) is -2.72. The van der Waals surface area contributed by atoms with E-state index in [0.717, 1.165) is 39.2 Å². The van der Waals surface area contributed by atoms with Crippen molar-refractivity contribution in [1.29, 1.82) is 0 Å². The molecule has 4 aromatic carbocycles. The molecule has 0 unspecified atom stereocenters. The number of benzene rings is 4. The standard InChI is InChI=1S/C22H14F3N/c23-22(24,25)17-8-5-9-18(13-17)26-14-21-19-10-3-1-6-15(19)12-16-7-2-4-11-20(16)21/h1-14H. The minimum Gasteiger partial charge on any atom is -0.256 e. The minimum absolute atomic E-state index is 0.275. The molecule has 0 amide bonds. The number of nitrogens with zero attached hydrogens (tertiary/aromatic N) is 1. The first-order valence-electron chi connectivity index (χ1n) is 8.14. The second-order valence-electron chi connectivity index (χ2n) is 6.04. The molecule has 0 bridgehead atoms. The molecule has 0 saturated carbocycles. The zero-order valence-electron chi connectivity index (χ0n) is 13.7. The van der Waals surface area contributed by atoms with Crippen LogP contribution in [0.25, 0.3) is 21.5 Å². The van der Waals surface area contributed by atoms with Crippen molar-refractivity contribution in [3.8, 4) is 0 Å². The molecule has 4 rings (SSSR count). The van der Waals surface area contributed by atoms with E-state index in [0.29, 0.717) is 0 Å².